The molecule has 1 fully saturated rings. The monoisotopic (exact) mass is 149 g/mol. The van der Waals surface area contributed by atoms with E-state index in [4.69, 9.17) is 0 Å². The van der Waals surface area contributed by atoms with Gasteiger partial charge in [0.2, 0.25) is 0 Å². The third-order valence-corrected chi connectivity index (χ3v) is 1.43. The number of halogens is 1. The number of carbonyl (C=O) groups excluding carboxylic acids is 1. The molecule has 0 aromatic carbocycles. The molecule has 54 valence electrons. The third kappa shape index (κ3) is 2.82. The lowest BCUT2D eigenvalue weighted by Crippen LogP contribution is -2.35. The van der Waals surface area contributed by atoms with Crippen LogP contribution in [-0.4, -0.2) is 18.4 Å². The summed E-state index contributed by atoms with van der Waals surface area (Å²) >= 11 is 0. The molecule has 0 aliphatic carbocycles. The molecule has 1 N–H and O–H groups in total. The lowest BCUT2D eigenvalue weighted by atomic mass is 10.1. The van der Waals surface area contributed by atoms with Crippen LogP contribution in [0.4, 0.5) is 0 Å². The Balaban J connectivity index is 0.000000640. The van der Waals surface area contributed by atoms with Crippen LogP contribution in [0, 0.1) is 0 Å². The minimum atomic E-state index is 0. The van der Waals surface area contributed by atoms with Crippen LogP contribution < -0.4 is 5.32 Å². The minimum absolute atomic E-state index is 0. The summed E-state index contributed by atoms with van der Waals surface area (Å²) in [7, 11) is 0. The van der Waals surface area contributed by atoms with Gasteiger partial charge in [-0.25, -0.2) is 0 Å². The Morgan fingerprint density at radius 3 is 2.67 bits per heavy atom. The van der Waals surface area contributed by atoms with Crippen molar-refractivity contribution < 1.29 is 4.79 Å². The predicted octanol–water partition coefficient (Wildman–Crippen LogP) is 0.749. The van der Waals surface area contributed by atoms with Crippen molar-refractivity contribution >= 4 is 18.2 Å². The quantitative estimate of drug-likeness (QED) is 0.551. The van der Waals surface area contributed by atoms with E-state index < -0.39 is 0 Å². The maximum atomic E-state index is 10.6. The van der Waals surface area contributed by atoms with Crippen LogP contribution >= 0.6 is 12.4 Å². The van der Waals surface area contributed by atoms with Crippen LogP contribution in [0.1, 0.15) is 19.8 Å². The van der Waals surface area contributed by atoms with Crippen molar-refractivity contribution in [3.8, 4) is 0 Å². The predicted molar refractivity (Wildman–Crippen MR) is 39.0 cm³/mol. The summed E-state index contributed by atoms with van der Waals surface area (Å²) < 4.78 is 0. The normalized spacial score (nSPS) is 27.2. The minimum Gasteiger partial charge on any atom is -0.313 e. The molecule has 0 bridgehead atoms. The molecule has 0 saturated carbocycles. The zero-order chi connectivity index (χ0) is 5.98. The number of nitrogens with one attached hydrogen (secondary N) is 1. The van der Waals surface area contributed by atoms with Crippen LogP contribution in [0.25, 0.3) is 0 Å². The second-order valence-corrected chi connectivity index (χ2v) is 2.35. The molecule has 0 radical (unpaired) electrons. The van der Waals surface area contributed by atoms with Crippen molar-refractivity contribution in [2.24, 2.45) is 0 Å². The Labute approximate surface area is 61.4 Å². The van der Waals surface area contributed by atoms with Crippen molar-refractivity contribution in [1.82, 2.24) is 5.32 Å². The number of piperidine rings is 1. The van der Waals surface area contributed by atoms with Gasteiger partial charge in [0.05, 0.1) is 0 Å². The molecule has 1 heterocycles. The van der Waals surface area contributed by atoms with Crippen LogP contribution in [0.2, 0.25) is 0 Å². The Kier molecular flexibility index (Phi) is 3.82. The smallest absolute Gasteiger partial charge is 0.135 e. The molecule has 2 nitrogen and oxygen atoms in total. The molecular formula is C6H12ClNO. The third-order valence-electron chi connectivity index (χ3n) is 1.43. The Morgan fingerprint density at radius 1 is 1.67 bits per heavy atom. The highest BCUT2D eigenvalue weighted by Gasteiger charge is 2.13. The van der Waals surface area contributed by atoms with Gasteiger partial charge >= 0.3 is 0 Å². The number of ketones is 1. The van der Waals surface area contributed by atoms with Crippen molar-refractivity contribution in [2.75, 3.05) is 6.54 Å². The molecule has 0 spiro atoms. The molecule has 0 aromatic rings. The number of hydrogen-bond acceptors (Lipinski definition) is 2. The topological polar surface area (TPSA) is 29.1 Å². The van der Waals surface area contributed by atoms with Gasteiger partial charge in [-0.15, -0.1) is 12.4 Å². The zero-order valence-electron chi connectivity index (χ0n) is 5.52. The Bertz CT molecular complexity index is 105. The molecule has 1 atom stereocenters. The number of hydrogen-bond donors (Lipinski definition) is 1. The highest BCUT2D eigenvalue weighted by atomic mass is 35.5. The lowest BCUT2D eigenvalue weighted by Gasteiger charge is -2.17. The molecule has 0 amide bonds. The first-order chi connectivity index (χ1) is 3.79. The highest BCUT2D eigenvalue weighted by molar-refractivity contribution is 5.85. The fourth-order valence-electron chi connectivity index (χ4n) is 0.974. The standard InChI is InChI=1S/C6H11NO.ClH/c1-5-4-6(8)2-3-7-5;/h5,7H,2-4H2,1H3;1H/t5-;/m1./s1. The first-order valence-corrected chi connectivity index (χ1v) is 3.04. The van der Waals surface area contributed by atoms with Gasteiger partial charge in [0.25, 0.3) is 0 Å². The van der Waals surface area contributed by atoms with E-state index in [1.54, 1.807) is 0 Å². The van der Waals surface area contributed by atoms with Crippen LogP contribution in [0.3, 0.4) is 0 Å². The SMILES string of the molecule is C[C@@H]1CC(=O)CCN1.Cl. The van der Waals surface area contributed by atoms with Gasteiger partial charge < -0.3 is 5.32 Å². The number of carbonyl (C=O) groups is 1. The summed E-state index contributed by atoms with van der Waals surface area (Å²) in [6.45, 7) is 2.91. The van der Waals surface area contributed by atoms with Crippen LogP contribution in [0.5, 0.6) is 0 Å². The summed E-state index contributed by atoms with van der Waals surface area (Å²) in [6, 6.07) is 0.413. The van der Waals surface area contributed by atoms with Gasteiger partial charge in [0.15, 0.2) is 0 Å². The van der Waals surface area contributed by atoms with Gasteiger partial charge in [-0.05, 0) is 6.92 Å². The zero-order valence-corrected chi connectivity index (χ0v) is 6.33. The van der Waals surface area contributed by atoms with E-state index in [-0.39, 0.29) is 12.4 Å². The van der Waals surface area contributed by atoms with E-state index in [1.807, 2.05) is 6.92 Å². The number of Topliss-reactive ketones (excluding diaryl/α,β-unsaturated/α-hetero) is 1. The summed E-state index contributed by atoms with van der Waals surface area (Å²) in [5.74, 6) is 0.399. The summed E-state index contributed by atoms with van der Waals surface area (Å²) in [5, 5.41) is 3.19. The maximum absolute atomic E-state index is 10.6. The second-order valence-electron chi connectivity index (χ2n) is 2.35. The van der Waals surface area contributed by atoms with Crippen LogP contribution in [0.15, 0.2) is 0 Å². The molecular weight excluding hydrogens is 138 g/mol. The van der Waals surface area contributed by atoms with Gasteiger partial charge in [-0.1, -0.05) is 0 Å². The molecule has 9 heavy (non-hydrogen) atoms. The molecule has 3 heteroatoms. The summed E-state index contributed by atoms with van der Waals surface area (Å²) in [5.41, 5.74) is 0. The van der Waals surface area contributed by atoms with Crippen molar-refractivity contribution in [3.63, 3.8) is 0 Å². The van der Waals surface area contributed by atoms with Gasteiger partial charge in [-0.2, -0.15) is 0 Å². The van der Waals surface area contributed by atoms with E-state index in [2.05, 4.69) is 5.32 Å². The molecule has 1 aliphatic heterocycles. The van der Waals surface area contributed by atoms with Crippen molar-refractivity contribution in [3.05, 3.63) is 0 Å². The Hall–Kier alpha value is -0.0800. The first-order valence-electron chi connectivity index (χ1n) is 3.04. The van der Waals surface area contributed by atoms with E-state index in [0.717, 1.165) is 19.4 Å². The van der Waals surface area contributed by atoms with E-state index in [0.29, 0.717) is 11.8 Å². The van der Waals surface area contributed by atoms with Gasteiger partial charge in [0.1, 0.15) is 5.78 Å². The number of rotatable bonds is 0. The molecule has 1 rings (SSSR count). The molecule has 1 aliphatic rings. The summed E-state index contributed by atoms with van der Waals surface area (Å²) in [4.78, 5) is 10.6. The van der Waals surface area contributed by atoms with E-state index in [9.17, 15) is 4.79 Å². The molecule has 0 unspecified atom stereocenters. The fraction of sp³-hybridized carbons (Fsp3) is 0.833. The maximum Gasteiger partial charge on any atom is 0.135 e. The molecule has 1 saturated heterocycles. The van der Waals surface area contributed by atoms with E-state index >= 15 is 0 Å². The average molecular weight is 150 g/mol. The van der Waals surface area contributed by atoms with Crippen molar-refractivity contribution in [2.45, 2.75) is 25.8 Å². The van der Waals surface area contributed by atoms with Gasteiger partial charge in [-0.3, -0.25) is 4.79 Å². The van der Waals surface area contributed by atoms with Crippen LogP contribution in [-0.2, 0) is 4.79 Å². The van der Waals surface area contributed by atoms with Gasteiger partial charge in [0, 0.05) is 25.4 Å². The van der Waals surface area contributed by atoms with E-state index in [1.165, 1.54) is 0 Å². The highest BCUT2D eigenvalue weighted by Crippen LogP contribution is 2.00. The average Bonchev–Trinajstić information content (AvgIpc) is 1.64. The first kappa shape index (κ1) is 8.92. The lowest BCUT2D eigenvalue weighted by molar-refractivity contribution is -0.120. The largest absolute Gasteiger partial charge is 0.313 e. The molecule has 0 aromatic heterocycles. The fourth-order valence-corrected chi connectivity index (χ4v) is 0.974. The summed E-state index contributed by atoms with van der Waals surface area (Å²) in [6.07, 6.45) is 1.45. The Morgan fingerprint density at radius 2 is 2.33 bits per heavy atom. The van der Waals surface area contributed by atoms with Crippen molar-refractivity contribution in [1.29, 1.82) is 0 Å². The second kappa shape index (κ2) is 3.85.